The smallest absolute Gasteiger partial charge is 0.240 e. The van der Waals surface area contributed by atoms with Crippen LogP contribution in [0, 0.1) is 0 Å². The molecule has 1 heterocycles. The number of nitrogens with two attached hydrogens (primary N) is 2. The highest BCUT2D eigenvalue weighted by Crippen LogP contribution is 2.31. The van der Waals surface area contributed by atoms with E-state index < -0.39 is 0 Å². The summed E-state index contributed by atoms with van der Waals surface area (Å²) < 4.78 is 5.22. The molecule has 0 aromatic heterocycles. The quantitative estimate of drug-likeness (QED) is 0.796. The zero-order chi connectivity index (χ0) is 14.0. The molecule has 102 valence electrons. The standard InChI is InChI=1S/C13H17N3O2S/c1-18-8-4-5-9(13(15)19)11(7-8)16-6-2-3-10(16)12(14)17/h4-5,7,10H,2-3,6H2,1H3,(H2,14,17)(H2,15,19). The van der Waals surface area contributed by atoms with E-state index in [2.05, 4.69) is 0 Å². The third-order valence-corrected chi connectivity index (χ3v) is 3.58. The van der Waals surface area contributed by atoms with Crippen molar-refractivity contribution in [2.75, 3.05) is 18.6 Å². The molecule has 4 N–H and O–H groups in total. The van der Waals surface area contributed by atoms with E-state index in [9.17, 15) is 4.79 Å². The third kappa shape index (κ3) is 2.63. The minimum Gasteiger partial charge on any atom is -0.497 e. The van der Waals surface area contributed by atoms with Gasteiger partial charge in [0, 0.05) is 18.2 Å². The number of amides is 1. The second-order valence-corrected chi connectivity index (χ2v) is 4.94. The van der Waals surface area contributed by atoms with Gasteiger partial charge in [0.25, 0.3) is 0 Å². The number of primary amides is 1. The fraction of sp³-hybridized carbons (Fsp3) is 0.385. The molecule has 1 aromatic carbocycles. The Morgan fingerprint density at radius 1 is 1.47 bits per heavy atom. The zero-order valence-corrected chi connectivity index (χ0v) is 11.6. The summed E-state index contributed by atoms with van der Waals surface area (Å²) in [4.78, 5) is 13.8. The number of hydrogen-bond acceptors (Lipinski definition) is 4. The van der Waals surface area contributed by atoms with E-state index in [4.69, 9.17) is 28.4 Å². The van der Waals surface area contributed by atoms with Crippen LogP contribution in [-0.4, -0.2) is 30.6 Å². The van der Waals surface area contributed by atoms with E-state index in [1.54, 1.807) is 13.2 Å². The predicted molar refractivity (Wildman–Crippen MR) is 78.4 cm³/mol. The average molecular weight is 279 g/mol. The molecule has 1 aromatic rings. The first kappa shape index (κ1) is 13.6. The normalized spacial score (nSPS) is 18.4. The molecule has 1 saturated heterocycles. The highest BCUT2D eigenvalue weighted by molar-refractivity contribution is 7.80. The zero-order valence-electron chi connectivity index (χ0n) is 10.8. The van der Waals surface area contributed by atoms with Crippen LogP contribution in [0.1, 0.15) is 18.4 Å². The van der Waals surface area contributed by atoms with Crippen molar-refractivity contribution < 1.29 is 9.53 Å². The molecule has 2 rings (SSSR count). The molecule has 0 aliphatic carbocycles. The number of carbonyl (C=O) groups excluding carboxylic acids is 1. The lowest BCUT2D eigenvalue weighted by molar-refractivity contribution is -0.119. The molecule has 1 aliphatic heterocycles. The van der Waals surface area contributed by atoms with Crippen molar-refractivity contribution in [2.45, 2.75) is 18.9 Å². The van der Waals surface area contributed by atoms with Crippen LogP contribution in [0.2, 0.25) is 0 Å². The Kier molecular flexibility index (Phi) is 3.90. The van der Waals surface area contributed by atoms with Gasteiger partial charge in [0.2, 0.25) is 5.91 Å². The van der Waals surface area contributed by atoms with E-state index in [0.717, 1.165) is 30.6 Å². The van der Waals surface area contributed by atoms with Crippen molar-refractivity contribution in [3.05, 3.63) is 23.8 Å². The van der Waals surface area contributed by atoms with Gasteiger partial charge in [0.1, 0.15) is 16.8 Å². The van der Waals surface area contributed by atoms with E-state index in [1.807, 2.05) is 17.0 Å². The van der Waals surface area contributed by atoms with Gasteiger partial charge in [-0.15, -0.1) is 0 Å². The maximum Gasteiger partial charge on any atom is 0.240 e. The Balaban J connectivity index is 2.46. The molecule has 1 unspecified atom stereocenters. The van der Waals surface area contributed by atoms with Crippen molar-refractivity contribution in [3.8, 4) is 5.75 Å². The van der Waals surface area contributed by atoms with Crippen molar-refractivity contribution in [2.24, 2.45) is 11.5 Å². The maximum absolute atomic E-state index is 11.5. The number of rotatable bonds is 4. The summed E-state index contributed by atoms with van der Waals surface area (Å²) in [6, 6.07) is 5.15. The Bertz CT molecular complexity index is 519. The Labute approximate surface area is 117 Å². The van der Waals surface area contributed by atoms with Gasteiger partial charge in [0.15, 0.2) is 0 Å². The van der Waals surface area contributed by atoms with Crippen molar-refractivity contribution in [3.63, 3.8) is 0 Å². The summed E-state index contributed by atoms with van der Waals surface area (Å²) in [5.74, 6) is 0.374. The van der Waals surface area contributed by atoms with Gasteiger partial charge in [-0.05, 0) is 25.0 Å². The first-order chi connectivity index (χ1) is 9.04. The highest BCUT2D eigenvalue weighted by atomic mass is 32.1. The topological polar surface area (TPSA) is 81.6 Å². The van der Waals surface area contributed by atoms with Gasteiger partial charge in [-0.25, -0.2) is 0 Å². The van der Waals surface area contributed by atoms with E-state index in [0.29, 0.717) is 10.7 Å². The van der Waals surface area contributed by atoms with Gasteiger partial charge >= 0.3 is 0 Å². The molecule has 19 heavy (non-hydrogen) atoms. The molecule has 6 heteroatoms. The molecular formula is C13H17N3O2S. The van der Waals surface area contributed by atoms with Gasteiger partial charge in [-0.3, -0.25) is 4.79 Å². The molecular weight excluding hydrogens is 262 g/mol. The molecule has 0 bridgehead atoms. The highest BCUT2D eigenvalue weighted by Gasteiger charge is 2.31. The maximum atomic E-state index is 11.5. The fourth-order valence-corrected chi connectivity index (χ4v) is 2.61. The van der Waals surface area contributed by atoms with Crippen LogP contribution in [-0.2, 0) is 4.79 Å². The first-order valence-electron chi connectivity index (χ1n) is 6.08. The molecule has 1 amide bonds. The van der Waals surface area contributed by atoms with Gasteiger partial charge in [-0.1, -0.05) is 12.2 Å². The van der Waals surface area contributed by atoms with Crippen LogP contribution in [0.5, 0.6) is 5.75 Å². The number of benzene rings is 1. The number of thiocarbonyl (C=S) groups is 1. The summed E-state index contributed by atoms with van der Waals surface area (Å²) in [6.45, 7) is 0.760. The van der Waals surface area contributed by atoms with E-state index in [1.165, 1.54) is 0 Å². The van der Waals surface area contributed by atoms with Crippen LogP contribution in [0.3, 0.4) is 0 Å². The van der Waals surface area contributed by atoms with Crippen LogP contribution < -0.4 is 21.1 Å². The van der Waals surface area contributed by atoms with Crippen molar-refractivity contribution >= 4 is 28.8 Å². The minimum atomic E-state index is -0.325. The third-order valence-electron chi connectivity index (χ3n) is 3.36. The average Bonchev–Trinajstić information content (AvgIpc) is 2.87. The molecule has 0 spiro atoms. The van der Waals surface area contributed by atoms with Crippen LogP contribution in [0.4, 0.5) is 5.69 Å². The first-order valence-corrected chi connectivity index (χ1v) is 6.49. The fourth-order valence-electron chi connectivity index (χ4n) is 2.44. The molecule has 1 atom stereocenters. The van der Waals surface area contributed by atoms with Crippen molar-refractivity contribution in [1.82, 2.24) is 0 Å². The monoisotopic (exact) mass is 279 g/mol. The number of hydrogen-bond donors (Lipinski definition) is 2. The molecule has 0 radical (unpaired) electrons. The lowest BCUT2D eigenvalue weighted by Gasteiger charge is -2.27. The summed E-state index contributed by atoms with van der Waals surface area (Å²) in [5.41, 5.74) is 12.7. The number of methoxy groups -OCH3 is 1. The van der Waals surface area contributed by atoms with Gasteiger partial charge in [0.05, 0.1) is 12.8 Å². The van der Waals surface area contributed by atoms with Crippen molar-refractivity contribution in [1.29, 1.82) is 0 Å². The molecule has 5 nitrogen and oxygen atoms in total. The van der Waals surface area contributed by atoms with E-state index >= 15 is 0 Å². The lowest BCUT2D eigenvalue weighted by atomic mass is 10.1. The molecule has 1 aliphatic rings. The summed E-state index contributed by atoms with van der Waals surface area (Å²) in [7, 11) is 1.59. The molecule has 1 fully saturated rings. The Morgan fingerprint density at radius 2 is 2.21 bits per heavy atom. The number of ether oxygens (including phenoxy) is 1. The number of nitrogens with zero attached hydrogens (tertiary/aromatic N) is 1. The Hall–Kier alpha value is -1.82. The van der Waals surface area contributed by atoms with Crippen LogP contribution >= 0.6 is 12.2 Å². The predicted octanol–water partition coefficient (Wildman–Crippen LogP) is 0.783. The molecule has 0 saturated carbocycles. The number of anilines is 1. The SMILES string of the molecule is COc1ccc(C(N)=S)c(N2CCCC2C(N)=O)c1. The van der Waals surface area contributed by atoms with Gasteiger partial charge in [-0.2, -0.15) is 0 Å². The second kappa shape index (κ2) is 5.44. The summed E-state index contributed by atoms with van der Waals surface area (Å²) >= 11 is 5.06. The summed E-state index contributed by atoms with van der Waals surface area (Å²) in [6.07, 6.45) is 1.67. The van der Waals surface area contributed by atoms with Crippen LogP contribution in [0.25, 0.3) is 0 Å². The van der Waals surface area contributed by atoms with E-state index in [-0.39, 0.29) is 11.9 Å². The lowest BCUT2D eigenvalue weighted by Crippen LogP contribution is -2.41. The minimum absolute atomic E-state index is 0.299. The van der Waals surface area contributed by atoms with Gasteiger partial charge < -0.3 is 21.1 Å². The summed E-state index contributed by atoms with van der Waals surface area (Å²) in [5, 5.41) is 0. The Morgan fingerprint density at radius 3 is 2.79 bits per heavy atom. The van der Waals surface area contributed by atoms with Crippen LogP contribution in [0.15, 0.2) is 18.2 Å². The largest absolute Gasteiger partial charge is 0.497 e. The second-order valence-electron chi connectivity index (χ2n) is 4.50. The number of carbonyl (C=O) groups is 1.